The van der Waals surface area contributed by atoms with Crippen LogP contribution in [-0.2, 0) is 24.0 Å². The number of carbonyl (C=O) groups is 1. The lowest BCUT2D eigenvalue weighted by molar-refractivity contribution is -0.0375. The summed E-state index contributed by atoms with van der Waals surface area (Å²) >= 11 is 1.87. The van der Waals surface area contributed by atoms with Crippen molar-refractivity contribution >= 4 is 17.4 Å². The lowest BCUT2D eigenvalue weighted by Crippen LogP contribution is -2.54. The first-order valence-corrected chi connectivity index (χ1v) is 9.60. The molecule has 3 rings (SSSR count). The molecule has 1 N–H and O–H groups in total. The number of aromatic nitrogens is 1. The summed E-state index contributed by atoms with van der Waals surface area (Å²) in [6.45, 7) is 6.08. The molecule has 5 nitrogen and oxygen atoms in total. The Labute approximate surface area is 142 Å². The topological polar surface area (TPSA) is 54.5 Å². The molecule has 2 atom stereocenters. The Morgan fingerprint density at radius 2 is 2.22 bits per heavy atom. The number of nitrogens with zero attached hydrogens (tertiary/aromatic N) is 2. The number of rotatable bonds is 4. The van der Waals surface area contributed by atoms with Gasteiger partial charge >= 0.3 is 6.03 Å². The van der Waals surface area contributed by atoms with Crippen molar-refractivity contribution < 1.29 is 9.53 Å². The molecule has 128 valence electrons. The van der Waals surface area contributed by atoms with Gasteiger partial charge in [-0.1, -0.05) is 0 Å². The van der Waals surface area contributed by atoms with Gasteiger partial charge in [-0.25, -0.2) is 9.78 Å². The summed E-state index contributed by atoms with van der Waals surface area (Å²) in [7, 11) is 0. The molecule has 6 heteroatoms. The van der Waals surface area contributed by atoms with Crippen molar-refractivity contribution in [1.82, 2.24) is 15.2 Å². The van der Waals surface area contributed by atoms with Crippen LogP contribution in [0, 0.1) is 0 Å². The number of carbonyl (C=O) groups excluding carboxylic acids is 1. The summed E-state index contributed by atoms with van der Waals surface area (Å²) in [4.78, 5) is 20.4. The molecule has 2 amide bonds. The molecule has 1 aliphatic carbocycles. The molecule has 0 unspecified atom stereocenters. The van der Waals surface area contributed by atoms with Crippen LogP contribution in [0.15, 0.2) is 0 Å². The highest BCUT2D eigenvalue weighted by Gasteiger charge is 2.28. The Hall–Kier alpha value is -1.14. The smallest absolute Gasteiger partial charge is 0.317 e. The molecule has 0 radical (unpaired) electrons. The van der Waals surface area contributed by atoms with E-state index in [2.05, 4.69) is 5.32 Å². The predicted molar refractivity (Wildman–Crippen MR) is 92.1 cm³/mol. The third-order valence-corrected chi connectivity index (χ3v) is 6.10. The van der Waals surface area contributed by atoms with E-state index in [1.807, 2.05) is 30.1 Å². The quantitative estimate of drug-likeness (QED) is 0.860. The molecule has 1 aromatic heterocycles. The van der Waals surface area contributed by atoms with E-state index in [-0.39, 0.29) is 18.2 Å². The normalized spacial score (nSPS) is 24.3. The van der Waals surface area contributed by atoms with Crippen molar-refractivity contribution in [2.24, 2.45) is 0 Å². The fourth-order valence-corrected chi connectivity index (χ4v) is 4.47. The van der Waals surface area contributed by atoms with Crippen molar-refractivity contribution in [3.8, 4) is 0 Å². The van der Waals surface area contributed by atoms with Crippen LogP contribution in [-0.4, -0.2) is 47.8 Å². The van der Waals surface area contributed by atoms with E-state index in [4.69, 9.17) is 9.72 Å². The van der Waals surface area contributed by atoms with Crippen LogP contribution in [0.25, 0.3) is 0 Å². The molecule has 1 aliphatic heterocycles. The maximum absolute atomic E-state index is 12.3. The van der Waals surface area contributed by atoms with E-state index < -0.39 is 0 Å². The maximum Gasteiger partial charge on any atom is 0.317 e. The number of amides is 2. The second-order valence-electron chi connectivity index (χ2n) is 6.53. The third kappa shape index (κ3) is 4.04. The van der Waals surface area contributed by atoms with Gasteiger partial charge in [0.25, 0.3) is 0 Å². The zero-order valence-corrected chi connectivity index (χ0v) is 15.0. The van der Waals surface area contributed by atoms with Crippen molar-refractivity contribution in [2.45, 2.75) is 64.5 Å². The second-order valence-corrected chi connectivity index (χ2v) is 7.70. The SMILES string of the molecule is C[C@H]1OCCN(C(=O)NCCCc2nc3c(s2)CCCC3)[C@H]1C. The molecule has 0 aromatic carbocycles. The van der Waals surface area contributed by atoms with Gasteiger partial charge in [0.1, 0.15) is 0 Å². The fourth-order valence-electron chi connectivity index (χ4n) is 3.27. The van der Waals surface area contributed by atoms with E-state index in [1.54, 1.807) is 0 Å². The van der Waals surface area contributed by atoms with Crippen molar-refractivity contribution in [1.29, 1.82) is 0 Å². The molecular weight excluding hydrogens is 310 g/mol. The summed E-state index contributed by atoms with van der Waals surface area (Å²) in [5.74, 6) is 0. The van der Waals surface area contributed by atoms with Gasteiger partial charge < -0.3 is 15.0 Å². The number of aryl methyl sites for hydroxylation is 3. The van der Waals surface area contributed by atoms with Crippen LogP contribution < -0.4 is 5.32 Å². The standard InChI is InChI=1S/C17H27N3O2S/c1-12-13(2)22-11-10-20(12)17(21)18-9-5-8-16-19-14-6-3-4-7-15(14)23-16/h12-13H,3-11H2,1-2H3,(H,18,21)/t12-,13+/m0/s1. The Morgan fingerprint density at radius 3 is 3.04 bits per heavy atom. The first kappa shape index (κ1) is 16.7. The average molecular weight is 337 g/mol. The van der Waals surface area contributed by atoms with Crippen molar-refractivity contribution in [3.63, 3.8) is 0 Å². The molecule has 0 bridgehead atoms. The van der Waals surface area contributed by atoms with Gasteiger partial charge in [-0.15, -0.1) is 11.3 Å². The number of ether oxygens (including phenoxy) is 1. The minimum absolute atomic E-state index is 0.0334. The molecule has 0 saturated carbocycles. The summed E-state index contributed by atoms with van der Waals surface area (Å²) in [5, 5.41) is 4.28. The van der Waals surface area contributed by atoms with Crippen molar-refractivity contribution in [2.75, 3.05) is 19.7 Å². The molecular formula is C17H27N3O2S. The minimum atomic E-state index is 0.0334. The van der Waals surface area contributed by atoms with Crippen molar-refractivity contribution in [3.05, 3.63) is 15.6 Å². The number of hydrogen-bond acceptors (Lipinski definition) is 4. The Kier molecular flexibility index (Phi) is 5.54. The molecule has 1 aromatic rings. The van der Waals surface area contributed by atoms with Gasteiger partial charge in [0.05, 0.1) is 29.5 Å². The first-order chi connectivity index (χ1) is 11.1. The van der Waals surface area contributed by atoms with Gasteiger partial charge in [0, 0.05) is 24.4 Å². The summed E-state index contributed by atoms with van der Waals surface area (Å²) < 4.78 is 5.57. The summed E-state index contributed by atoms with van der Waals surface area (Å²) in [6.07, 6.45) is 6.96. The van der Waals surface area contributed by atoms with E-state index in [0.717, 1.165) is 19.3 Å². The molecule has 1 saturated heterocycles. The highest BCUT2D eigenvalue weighted by molar-refractivity contribution is 7.11. The van der Waals surface area contributed by atoms with Crippen LogP contribution >= 0.6 is 11.3 Å². The number of hydrogen-bond donors (Lipinski definition) is 1. The van der Waals surface area contributed by atoms with Gasteiger partial charge in [-0.05, 0) is 46.0 Å². The van der Waals surface area contributed by atoms with Crippen LogP contribution in [0.2, 0.25) is 0 Å². The zero-order chi connectivity index (χ0) is 16.2. The molecule has 2 aliphatic rings. The second kappa shape index (κ2) is 7.62. The number of thiazole rings is 1. The lowest BCUT2D eigenvalue weighted by Gasteiger charge is -2.37. The van der Waals surface area contributed by atoms with Gasteiger partial charge in [-0.2, -0.15) is 0 Å². The van der Waals surface area contributed by atoms with Gasteiger partial charge in [-0.3, -0.25) is 0 Å². The summed E-state index contributed by atoms with van der Waals surface area (Å²) in [6, 6.07) is 0.167. The monoisotopic (exact) mass is 337 g/mol. The largest absolute Gasteiger partial charge is 0.375 e. The van der Waals surface area contributed by atoms with E-state index >= 15 is 0 Å². The minimum Gasteiger partial charge on any atom is -0.375 e. The number of nitrogens with one attached hydrogen (secondary N) is 1. The van der Waals surface area contributed by atoms with E-state index in [9.17, 15) is 4.79 Å². The van der Waals surface area contributed by atoms with Crippen LogP contribution in [0.4, 0.5) is 4.79 Å². The number of morpholine rings is 1. The molecule has 23 heavy (non-hydrogen) atoms. The Morgan fingerprint density at radius 1 is 1.39 bits per heavy atom. The van der Waals surface area contributed by atoms with E-state index in [1.165, 1.54) is 34.8 Å². The molecule has 0 spiro atoms. The van der Waals surface area contributed by atoms with Crippen LogP contribution in [0.5, 0.6) is 0 Å². The molecule has 2 heterocycles. The molecule has 1 fully saturated rings. The third-order valence-electron chi connectivity index (χ3n) is 4.88. The zero-order valence-electron chi connectivity index (χ0n) is 14.1. The Balaban J connectivity index is 1.41. The first-order valence-electron chi connectivity index (χ1n) is 8.78. The van der Waals surface area contributed by atoms with Crippen LogP contribution in [0.3, 0.4) is 0 Å². The van der Waals surface area contributed by atoms with Gasteiger partial charge in [0.2, 0.25) is 0 Å². The number of urea groups is 1. The van der Waals surface area contributed by atoms with Gasteiger partial charge in [0.15, 0.2) is 0 Å². The van der Waals surface area contributed by atoms with E-state index in [0.29, 0.717) is 19.7 Å². The fraction of sp³-hybridized carbons (Fsp3) is 0.765. The highest BCUT2D eigenvalue weighted by atomic mass is 32.1. The maximum atomic E-state index is 12.3. The Bertz CT molecular complexity index is 522. The average Bonchev–Trinajstić information content (AvgIpc) is 2.96. The number of fused-ring (bicyclic) bond motifs is 1. The van der Waals surface area contributed by atoms with Crippen LogP contribution in [0.1, 0.15) is 48.7 Å². The summed E-state index contributed by atoms with van der Waals surface area (Å²) in [5.41, 5.74) is 1.33. The lowest BCUT2D eigenvalue weighted by atomic mass is 10.0. The predicted octanol–water partition coefficient (Wildman–Crippen LogP) is 2.77. The highest BCUT2D eigenvalue weighted by Crippen LogP contribution is 2.27.